The maximum atomic E-state index is 6.09. The van der Waals surface area contributed by atoms with Gasteiger partial charge < -0.3 is 10.1 Å². The highest BCUT2D eigenvalue weighted by molar-refractivity contribution is 9.11. The van der Waals surface area contributed by atoms with Gasteiger partial charge in [-0.05, 0) is 69.7 Å². The molecule has 3 rings (SSSR count). The number of halogens is 2. The SMILES string of the molecule is Brc1cccc(Br)c1NC1CCOC2(CCCC2)C1. The van der Waals surface area contributed by atoms with Crippen molar-refractivity contribution in [3.8, 4) is 0 Å². The summed E-state index contributed by atoms with van der Waals surface area (Å²) in [6.45, 7) is 0.889. The lowest BCUT2D eigenvalue weighted by atomic mass is 9.89. The van der Waals surface area contributed by atoms with Crippen LogP contribution in [0.25, 0.3) is 0 Å². The van der Waals surface area contributed by atoms with Gasteiger partial charge in [-0.1, -0.05) is 18.9 Å². The fourth-order valence-corrected chi connectivity index (χ4v) is 4.59. The summed E-state index contributed by atoms with van der Waals surface area (Å²) in [5.41, 5.74) is 1.34. The van der Waals surface area contributed by atoms with Crippen LogP contribution in [0.15, 0.2) is 27.1 Å². The van der Waals surface area contributed by atoms with Crippen LogP contribution in [-0.4, -0.2) is 18.2 Å². The van der Waals surface area contributed by atoms with Crippen LogP contribution in [0.1, 0.15) is 38.5 Å². The van der Waals surface area contributed by atoms with Gasteiger partial charge in [0.2, 0.25) is 0 Å². The molecule has 2 aliphatic rings. The molecule has 0 bridgehead atoms. The van der Waals surface area contributed by atoms with Crippen LogP contribution in [0.4, 0.5) is 5.69 Å². The monoisotopic (exact) mass is 387 g/mol. The van der Waals surface area contributed by atoms with Crippen molar-refractivity contribution in [3.63, 3.8) is 0 Å². The Labute approximate surface area is 131 Å². The Hall–Kier alpha value is -0.0600. The smallest absolute Gasteiger partial charge is 0.0702 e. The highest BCUT2D eigenvalue weighted by Crippen LogP contribution is 2.41. The molecule has 2 nitrogen and oxygen atoms in total. The van der Waals surface area contributed by atoms with E-state index in [1.54, 1.807) is 0 Å². The van der Waals surface area contributed by atoms with Crippen LogP contribution in [0.2, 0.25) is 0 Å². The molecule has 1 aromatic carbocycles. The van der Waals surface area contributed by atoms with Gasteiger partial charge in [0.15, 0.2) is 0 Å². The summed E-state index contributed by atoms with van der Waals surface area (Å²) < 4.78 is 8.33. The number of benzene rings is 1. The molecule has 0 amide bonds. The second-order valence-corrected chi connectivity index (χ2v) is 7.38. The van der Waals surface area contributed by atoms with Crippen LogP contribution in [0.5, 0.6) is 0 Å². The number of para-hydroxylation sites is 1. The fourth-order valence-electron chi connectivity index (χ4n) is 3.36. The molecule has 0 aromatic heterocycles. The number of hydrogen-bond donors (Lipinski definition) is 1. The molecular weight excluding hydrogens is 370 g/mol. The minimum atomic E-state index is 0.170. The van der Waals surface area contributed by atoms with Gasteiger partial charge in [-0.15, -0.1) is 0 Å². The third-order valence-corrected chi connectivity index (χ3v) is 5.64. The third-order valence-electron chi connectivity index (χ3n) is 4.32. The summed E-state index contributed by atoms with van der Waals surface area (Å²) in [7, 11) is 0. The molecule has 1 aliphatic carbocycles. The maximum Gasteiger partial charge on any atom is 0.0702 e. The molecular formula is C15H19Br2NO. The van der Waals surface area contributed by atoms with E-state index in [-0.39, 0.29) is 5.60 Å². The lowest BCUT2D eigenvalue weighted by Gasteiger charge is -2.39. The van der Waals surface area contributed by atoms with Gasteiger partial charge in [0.1, 0.15) is 0 Å². The predicted molar refractivity (Wildman–Crippen MR) is 85.6 cm³/mol. The van der Waals surface area contributed by atoms with Gasteiger partial charge in [0, 0.05) is 21.6 Å². The average Bonchev–Trinajstić information content (AvgIpc) is 2.82. The molecule has 1 atom stereocenters. The highest BCUT2D eigenvalue weighted by Gasteiger charge is 2.40. The van der Waals surface area contributed by atoms with Crippen molar-refractivity contribution in [3.05, 3.63) is 27.1 Å². The molecule has 1 unspecified atom stereocenters. The van der Waals surface area contributed by atoms with Gasteiger partial charge in [-0.3, -0.25) is 0 Å². The lowest BCUT2D eigenvalue weighted by Crippen LogP contribution is -2.42. The van der Waals surface area contributed by atoms with E-state index >= 15 is 0 Å². The van der Waals surface area contributed by atoms with Crippen molar-refractivity contribution in [2.24, 2.45) is 0 Å². The Morgan fingerprint density at radius 2 is 1.84 bits per heavy atom. The Bertz CT molecular complexity index is 437. The van der Waals surface area contributed by atoms with Crippen LogP contribution < -0.4 is 5.32 Å². The molecule has 1 aromatic rings. The van der Waals surface area contributed by atoms with Gasteiger partial charge >= 0.3 is 0 Å². The minimum Gasteiger partial charge on any atom is -0.380 e. The van der Waals surface area contributed by atoms with Crippen molar-refractivity contribution in [1.82, 2.24) is 0 Å². The first-order valence-electron chi connectivity index (χ1n) is 7.03. The Kier molecular flexibility index (Phi) is 4.20. The first-order chi connectivity index (χ1) is 9.19. The number of ether oxygens (including phenoxy) is 1. The van der Waals surface area contributed by atoms with Crippen molar-refractivity contribution in [1.29, 1.82) is 0 Å². The van der Waals surface area contributed by atoms with Crippen molar-refractivity contribution < 1.29 is 4.74 Å². The van der Waals surface area contributed by atoms with E-state index in [0.717, 1.165) is 28.4 Å². The summed E-state index contributed by atoms with van der Waals surface area (Å²) in [4.78, 5) is 0. The molecule has 4 heteroatoms. The standard InChI is InChI=1S/C15H19Br2NO/c16-12-4-3-5-13(17)14(12)18-11-6-9-19-15(10-11)7-1-2-8-15/h3-5,11,18H,1-2,6-10H2. The van der Waals surface area contributed by atoms with Gasteiger partial charge in [0.05, 0.1) is 11.3 Å². The molecule has 0 radical (unpaired) electrons. The first-order valence-corrected chi connectivity index (χ1v) is 8.62. The predicted octanol–water partition coefficient (Wildman–Crippen LogP) is 5.12. The Morgan fingerprint density at radius 3 is 2.53 bits per heavy atom. The van der Waals surface area contributed by atoms with Crippen LogP contribution >= 0.6 is 31.9 Å². The van der Waals surface area contributed by atoms with E-state index in [1.165, 1.54) is 31.4 Å². The highest BCUT2D eigenvalue weighted by atomic mass is 79.9. The fraction of sp³-hybridized carbons (Fsp3) is 0.600. The van der Waals surface area contributed by atoms with E-state index in [2.05, 4.69) is 49.3 Å². The summed E-state index contributed by atoms with van der Waals surface area (Å²) in [6.07, 6.45) is 7.36. The summed E-state index contributed by atoms with van der Waals surface area (Å²) in [6, 6.07) is 6.72. The van der Waals surface area contributed by atoms with E-state index in [1.807, 2.05) is 6.07 Å². The zero-order valence-corrected chi connectivity index (χ0v) is 14.1. The van der Waals surface area contributed by atoms with Crippen molar-refractivity contribution >= 4 is 37.5 Å². The minimum absolute atomic E-state index is 0.170. The molecule has 1 aliphatic heterocycles. The maximum absolute atomic E-state index is 6.09. The van der Waals surface area contributed by atoms with Gasteiger partial charge in [-0.2, -0.15) is 0 Å². The van der Waals surface area contributed by atoms with Gasteiger partial charge in [0.25, 0.3) is 0 Å². The number of hydrogen-bond acceptors (Lipinski definition) is 2. The van der Waals surface area contributed by atoms with E-state index < -0.39 is 0 Å². The third kappa shape index (κ3) is 3.01. The molecule has 2 fully saturated rings. The van der Waals surface area contributed by atoms with Crippen LogP contribution in [-0.2, 0) is 4.74 Å². The Morgan fingerprint density at radius 1 is 1.16 bits per heavy atom. The molecule has 1 saturated carbocycles. The first kappa shape index (κ1) is 13.9. The quantitative estimate of drug-likeness (QED) is 0.759. The number of rotatable bonds is 2. The summed E-state index contributed by atoms with van der Waals surface area (Å²) in [5, 5.41) is 3.69. The van der Waals surface area contributed by atoms with E-state index in [4.69, 9.17) is 4.74 Å². The molecule has 19 heavy (non-hydrogen) atoms. The van der Waals surface area contributed by atoms with E-state index in [9.17, 15) is 0 Å². The molecule has 1 spiro atoms. The van der Waals surface area contributed by atoms with Crippen molar-refractivity contribution in [2.45, 2.75) is 50.2 Å². The molecule has 104 valence electrons. The van der Waals surface area contributed by atoms with Gasteiger partial charge in [-0.25, -0.2) is 0 Å². The largest absolute Gasteiger partial charge is 0.380 e. The number of anilines is 1. The second kappa shape index (κ2) is 5.74. The molecule has 1 saturated heterocycles. The summed E-state index contributed by atoms with van der Waals surface area (Å²) >= 11 is 7.25. The number of nitrogens with one attached hydrogen (secondary N) is 1. The van der Waals surface area contributed by atoms with Crippen LogP contribution in [0.3, 0.4) is 0 Å². The Balaban J connectivity index is 1.73. The molecule has 1 N–H and O–H groups in total. The van der Waals surface area contributed by atoms with Crippen molar-refractivity contribution in [2.75, 3.05) is 11.9 Å². The normalized spacial score (nSPS) is 25.7. The zero-order chi connectivity index (χ0) is 13.3. The summed E-state index contributed by atoms with van der Waals surface area (Å²) in [5.74, 6) is 0. The lowest BCUT2D eigenvalue weighted by molar-refractivity contribution is -0.0767. The van der Waals surface area contributed by atoms with Crippen LogP contribution in [0, 0.1) is 0 Å². The van der Waals surface area contributed by atoms with E-state index in [0.29, 0.717) is 6.04 Å². The topological polar surface area (TPSA) is 21.3 Å². The molecule has 1 heterocycles. The second-order valence-electron chi connectivity index (χ2n) is 5.67. The zero-order valence-electron chi connectivity index (χ0n) is 10.9. The average molecular weight is 389 g/mol.